The second-order valence-electron chi connectivity index (χ2n) is 9.90. The Morgan fingerprint density at radius 1 is 1.05 bits per heavy atom. The molecular weight excluding hydrogens is 495 g/mol. The van der Waals surface area contributed by atoms with Gasteiger partial charge in [-0.15, -0.1) is 0 Å². The van der Waals surface area contributed by atoms with Gasteiger partial charge in [0.15, 0.2) is 0 Å². The molecule has 1 aliphatic carbocycles. The predicted octanol–water partition coefficient (Wildman–Crippen LogP) is 3.53. The topological polar surface area (TPSA) is 90.0 Å². The number of amides is 2. The van der Waals surface area contributed by atoms with E-state index in [0.717, 1.165) is 39.9 Å². The maximum absolute atomic E-state index is 13.8. The highest BCUT2D eigenvalue weighted by molar-refractivity contribution is 7.90. The van der Waals surface area contributed by atoms with Crippen molar-refractivity contribution in [2.45, 2.75) is 65.1 Å². The van der Waals surface area contributed by atoms with E-state index in [1.807, 2.05) is 13.0 Å². The molecule has 10 heteroatoms. The fourth-order valence-corrected chi connectivity index (χ4v) is 5.56. The zero-order valence-electron chi connectivity index (χ0n) is 22.2. The molecule has 0 saturated heterocycles. The Balaban J connectivity index is 1.95. The molecule has 1 saturated carbocycles. The number of anilines is 1. The molecule has 2 aromatic carbocycles. The van der Waals surface area contributed by atoms with Crippen LogP contribution in [-0.4, -0.2) is 62.2 Å². The maximum Gasteiger partial charge on any atom is 0.304 e. The van der Waals surface area contributed by atoms with Crippen LogP contribution in [0.4, 0.5) is 10.1 Å². The standard InChI is InChI=1S/C27H37FN4O4S/c1-19-10-11-20(2)25(16-19)32(37(35,36)30(4)5)18-26(33)31(17-22-12-14-23(28)15-13-22)21(3)27(34)29-24-8-6-7-9-24/h10-16,21,24H,6-9,17-18H2,1-5H3,(H,29,34). The number of benzene rings is 2. The number of nitrogens with one attached hydrogen (secondary N) is 1. The Morgan fingerprint density at radius 3 is 2.27 bits per heavy atom. The molecule has 0 aliphatic heterocycles. The predicted molar refractivity (Wildman–Crippen MR) is 143 cm³/mol. The smallest absolute Gasteiger partial charge is 0.304 e. The van der Waals surface area contributed by atoms with Crippen molar-refractivity contribution in [2.24, 2.45) is 0 Å². The number of carbonyl (C=O) groups excluding carboxylic acids is 2. The Bertz CT molecular complexity index is 1210. The van der Waals surface area contributed by atoms with Gasteiger partial charge in [0.2, 0.25) is 11.8 Å². The molecule has 1 atom stereocenters. The van der Waals surface area contributed by atoms with Gasteiger partial charge < -0.3 is 10.2 Å². The fourth-order valence-electron chi connectivity index (χ4n) is 4.45. The third-order valence-electron chi connectivity index (χ3n) is 6.79. The second kappa shape index (κ2) is 12.0. The molecule has 0 bridgehead atoms. The van der Waals surface area contributed by atoms with Crippen LogP contribution in [0.15, 0.2) is 42.5 Å². The average Bonchev–Trinajstić information content (AvgIpc) is 3.36. The SMILES string of the molecule is Cc1ccc(C)c(N(CC(=O)N(Cc2ccc(F)cc2)C(C)C(=O)NC2CCCC2)S(=O)(=O)N(C)C)c1. The van der Waals surface area contributed by atoms with E-state index < -0.39 is 34.5 Å². The zero-order chi connectivity index (χ0) is 27.3. The summed E-state index contributed by atoms with van der Waals surface area (Å²) in [5, 5.41) is 3.03. The number of nitrogens with zero attached hydrogens (tertiary/aromatic N) is 3. The molecule has 1 aliphatic rings. The molecule has 0 heterocycles. The lowest BCUT2D eigenvalue weighted by atomic mass is 10.1. The summed E-state index contributed by atoms with van der Waals surface area (Å²) in [4.78, 5) is 28.3. The number of halogens is 1. The zero-order valence-corrected chi connectivity index (χ0v) is 23.0. The van der Waals surface area contributed by atoms with Gasteiger partial charge in [-0.1, -0.05) is 37.1 Å². The van der Waals surface area contributed by atoms with Crippen LogP contribution in [-0.2, 0) is 26.3 Å². The minimum Gasteiger partial charge on any atom is -0.352 e. The first-order valence-corrected chi connectivity index (χ1v) is 13.9. The van der Waals surface area contributed by atoms with E-state index in [1.54, 1.807) is 38.1 Å². The first kappa shape index (κ1) is 28.6. The number of hydrogen-bond acceptors (Lipinski definition) is 4. The summed E-state index contributed by atoms with van der Waals surface area (Å²) >= 11 is 0. The van der Waals surface area contributed by atoms with Crippen molar-refractivity contribution in [3.05, 3.63) is 65.0 Å². The van der Waals surface area contributed by atoms with Crippen molar-refractivity contribution in [1.29, 1.82) is 0 Å². The lowest BCUT2D eigenvalue weighted by Crippen LogP contribution is -2.53. The summed E-state index contributed by atoms with van der Waals surface area (Å²) in [7, 11) is -1.22. The normalized spacial score (nSPS) is 15.0. The molecule has 1 N–H and O–H groups in total. The molecule has 2 aromatic rings. The highest BCUT2D eigenvalue weighted by Gasteiger charge is 2.34. The van der Waals surface area contributed by atoms with Gasteiger partial charge in [-0.2, -0.15) is 12.7 Å². The van der Waals surface area contributed by atoms with Gasteiger partial charge in [-0.25, -0.2) is 8.70 Å². The Hall–Kier alpha value is -2.98. The van der Waals surface area contributed by atoms with E-state index in [2.05, 4.69) is 5.32 Å². The highest BCUT2D eigenvalue weighted by Crippen LogP contribution is 2.26. The largest absolute Gasteiger partial charge is 0.352 e. The average molecular weight is 533 g/mol. The monoisotopic (exact) mass is 532 g/mol. The molecule has 1 unspecified atom stereocenters. The van der Waals surface area contributed by atoms with Crippen LogP contribution >= 0.6 is 0 Å². The number of carbonyl (C=O) groups is 2. The van der Waals surface area contributed by atoms with Crippen LogP contribution in [0.3, 0.4) is 0 Å². The molecular formula is C27H37FN4O4S. The molecule has 0 aromatic heterocycles. The molecule has 8 nitrogen and oxygen atoms in total. The number of hydrogen-bond donors (Lipinski definition) is 1. The molecule has 0 radical (unpaired) electrons. The van der Waals surface area contributed by atoms with Crippen molar-refractivity contribution in [1.82, 2.24) is 14.5 Å². The van der Waals surface area contributed by atoms with Crippen LogP contribution in [0.5, 0.6) is 0 Å². The molecule has 0 spiro atoms. The van der Waals surface area contributed by atoms with Crippen LogP contribution in [0, 0.1) is 19.7 Å². The lowest BCUT2D eigenvalue weighted by molar-refractivity contribution is -0.139. The van der Waals surface area contributed by atoms with Crippen molar-refractivity contribution < 1.29 is 22.4 Å². The Kier molecular flexibility index (Phi) is 9.31. The van der Waals surface area contributed by atoms with Crippen LogP contribution < -0.4 is 9.62 Å². The van der Waals surface area contributed by atoms with E-state index >= 15 is 0 Å². The van der Waals surface area contributed by atoms with Crippen LogP contribution in [0.2, 0.25) is 0 Å². The Labute approximate surface area is 219 Å². The van der Waals surface area contributed by atoms with E-state index in [4.69, 9.17) is 0 Å². The van der Waals surface area contributed by atoms with Crippen molar-refractivity contribution in [3.63, 3.8) is 0 Å². The van der Waals surface area contributed by atoms with Gasteiger partial charge in [0.1, 0.15) is 18.4 Å². The second-order valence-corrected chi connectivity index (χ2v) is 12.0. The summed E-state index contributed by atoms with van der Waals surface area (Å²) in [6.45, 7) is 4.80. The Morgan fingerprint density at radius 2 is 1.68 bits per heavy atom. The number of aryl methyl sites for hydroxylation is 2. The third-order valence-corrected chi connectivity index (χ3v) is 8.59. The molecule has 3 rings (SSSR count). The van der Waals surface area contributed by atoms with Gasteiger partial charge >= 0.3 is 10.2 Å². The maximum atomic E-state index is 13.8. The van der Waals surface area contributed by atoms with Gasteiger partial charge in [0, 0.05) is 26.7 Å². The number of rotatable bonds is 10. The van der Waals surface area contributed by atoms with Crippen molar-refractivity contribution in [2.75, 3.05) is 24.9 Å². The molecule has 202 valence electrons. The van der Waals surface area contributed by atoms with Crippen molar-refractivity contribution in [3.8, 4) is 0 Å². The fraction of sp³-hybridized carbons (Fsp3) is 0.481. The van der Waals surface area contributed by atoms with Crippen LogP contribution in [0.1, 0.15) is 49.3 Å². The first-order chi connectivity index (χ1) is 17.4. The molecule has 2 amide bonds. The minimum atomic E-state index is -4.03. The van der Waals surface area contributed by atoms with E-state index in [9.17, 15) is 22.4 Å². The molecule has 1 fully saturated rings. The summed E-state index contributed by atoms with van der Waals surface area (Å²) in [5.74, 6) is -1.24. The third kappa shape index (κ3) is 7.07. The summed E-state index contributed by atoms with van der Waals surface area (Å²) < 4.78 is 42.3. The van der Waals surface area contributed by atoms with Gasteiger partial charge in [-0.3, -0.25) is 9.59 Å². The van der Waals surface area contributed by atoms with Gasteiger partial charge in [-0.05, 0) is 68.5 Å². The van der Waals surface area contributed by atoms with Crippen molar-refractivity contribution >= 4 is 27.7 Å². The lowest BCUT2D eigenvalue weighted by Gasteiger charge is -2.33. The van der Waals surface area contributed by atoms with Gasteiger partial charge in [0.25, 0.3) is 0 Å². The van der Waals surface area contributed by atoms with Gasteiger partial charge in [0.05, 0.1) is 5.69 Å². The minimum absolute atomic E-state index is 0.0288. The first-order valence-electron chi connectivity index (χ1n) is 12.5. The highest BCUT2D eigenvalue weighted by atomic mass is 32.2. The van der Waals surface area contributed by atoms with Crippen LogP contribution in [0.25, 0.3) is 0 Å². The van der Waals surface area contributed by atoms with E-state index in [1.165, 1.54) is 31.1 Å². The summed E-state index contributed by atoms with van der Waals surface area (Å²) in [5.41, 5.74) is 2.57. The molecule has 37 heavy (non-hydrogen) atoms. The van der Waals surface area contributed by atoms with E-state index in [0.29, 0.717) is 16.8 Å². The van der Waals surface area contributed by atoms with E-state index in [-0.39, 0.29) is 18.5 Å². The quantitative estimate of drug-likeness (QED) is 0.507. The summed E-state index contributed by atoms with van der Waals surface area (Å²) in [6.07, 6.45) is 3.88. The summed E-state index contributed by atoms with van der Waals surface area (Å²) in [6, 6.07) is 10.3.